The van der Waals surface area contributed by atoms with E-state index < -0.39 is 0 Å². The monoisotopic (exact) mass is 560 g/mol. The van der Waals surface area contributed by atoms with Gasteiger partial charge >= 0.3 is 6.09 Å². The highest BCUT2D eigenvalue weighted by molar-refractivity contribution is 7.99. The molecule has 0 bridgehead atoms. The average Bonchev–Trinajstić information content (AvgIpc) is 3.25. The van der Waals surface area contributed by atoms with Crippen LogP contribution in [-0.4, -0.2) is 86.7 Å². The fraction of sp³-hybridized carbons (Fsp3) is 0.407. The number of hydrogen-bond acceptors (Lipinski definition) is 7. The number of thioether (sulfide) groups is 1. The lowest BCUT2D eigenvalue weighted by Crippen LogP contribution is -2.48. The Morgan fingerprint density at radius 2 is 1.78 bits per heavy atom. The van der Waals surface area contributed by atoms with Gasteiger partial charge in [0.05, 0.1) is 5.02 Å². The lowest BCUT2D eigenvalue weighted by Gasteiger charge is -2.34. The van der Waals surface area contributed by atoms with Crippen LogP contribution in [0.4, 0.5) is 10.5 Å². The molecule has 0 radical (unpaired) electrons. The third-order valence-electron chi connectivity index (χ3n) is 6.22. The van der Waals surface area contributed by atoms with Gasteiger partial charge in [0.2, 0.25) is 0 Å². The number of ether oxygens (including phenoxy) is 1. The van der Waals surface area contributed by atoms with Crippen LogP contribution in [0.3, 0.4) is 0 Å². The zero-order chi connectivity index (χ0) is 26.2. The van der Waals surface area contributed by atoms with Crippen molar-refractivity contribution in [2.24, 2.45) is 0 Å². The van der Waals surface area contributed by atoms with E-state index in [1.165, 1.54) is 22.6 Å². The molecule has 2 amide bonds. The molecule has 198 valence electrons. The Labute approximate surface area is 231 Å². The minimum Gasteiger partial charge on any atom is -0.449 e. The molecule has 0 unspecified atom stereocenters. The number of hydrogen-bond donors (Lipinski definition) is 1. The molecule has 2 heterocycles. The van der Waals surface area contributed by atoms with Gasteiger partial charge in [-0.15, -0.1) is 11.3 Å². The van der Waals surface area contributed by atoms with E-state index in [4.69, 9.17) is 16.3 Å². The lowest BCUT2D eigenvalue weighted by atomic mass is 10.1. The standard InChI is InChI=1S/C27H33ClN4O3S2/c1-30(2)21-9-7-20(8-10-21)19-31-12-14-32(15-13-31)27(34)35-16-18-36-17-11-29-26(33)25-24(28)22-5-3-4-6-23(22)37-25/h3-10H,11-19H2,1-2H3,(H,29,33). The molecular formula is C27H33ClN4O3S2. The summed E-state index contributed by atoms with van der Waals surface area (Å²) in [6, 6.07) is 16.3. The predicted octanol–water partition coefficient (Wildman–Crippen LogP) is 5.04. The number of fused-ring (bicyclic) bond motifs is 1. The van der Waals surface area contributed by atoms with E-state index in [1.807, 2.05) is 38.4 Å². The zero-order valence-corrected chi connectivity index (χ0v) is 23.6. The fourth-order valence-electron chi connectivity index (χ4n) is 4.10. The zero-order valence-electron chi connectivity index (χ0n) is 21.2. The molecule has 10 heteroatoms. The van der Waals surface area contributed by atoms with Gasteiger partial charge in [-0.2, -0.15) is 11.8 Å². The van der Waals surface area contributed by atoms with Gasteiger partial charge in [-0.05, 0) is 23.8 Å². The summed E-state index contributed by atoms with van der Waals surface area (Å²) in [7, 11) is 4.08. The summed E-state index contributed by atoms with van der Waals surface area (Å²) in [5, 5.41) is 4.34. The van der Waals surface area contributed by atoms with E-state index >= 15 is 0 Å². The molecular weight excluding hydrogens is 528 g/mol. The van der Waals surface area contributed by atoms with Gasteiger partial charge in [0.25, 0.3) is 5.91 Å². The maximum atomic E-state index is 12.5. The number of nitrogens with zero attached hydrogens (tertiary/aromatic N) is 3. The first-order valence-corrected chi connectivity index (χ1v) is 14.7. The molecule has 0 saturated carbocycles. The van der Waals surface area contributed by atoms with Crippen LogP contribution >= 0.6 is 34.7 Å². The number of halogens is 1. The first-order chi connectivity index (χ1) is 17.9. The summed E-state index contributed by atoms with van der Waals surface area (Å²) in [4.78, 5) is 31.7. The van der Waals surface area contributed by atoms with Crippen molar-refractivity contribution < 1.29 is 14.3 Å². The molecule has 0 atom stereocenters. The Bertz CT molecular complexity index is 1190. The van der Waals surface area contributed by atoms with E-state index in [-0.39, 0.29) is 12.0 Å². The normalized spacial score (nSPS) is 14.1. The van der Waals surface area contributed by atoms with E-state index in [2.05, 4.69) is 39.4 Å². The van der Waals surface area contributed by atoms with Crippen molar-refractivity contribution in [2.75, 3.05) is 69.8 Å². The molecule has 3 aromatic rings. The highest BCUT2D eigenvalue weighted by Gasteiger charge is 2.22. The van der Waals surface area contributed by atoms with Gasteiger partial charge in [-0.25, -0.2) is 4.79 Å². The molecule has 0 spiro atoms. The summed E-state index contributed by atoms with van der Waals surface area (Å²) < 4.78 is 6.46. The Hall–Kier alpha value is -2.46. The second-order valence-electron chi connectivity index (χ2n) is 9.05. The molecule has 2 aromatic carbocycles. The molecule has 1 N–H and O–H groups in total. The molecule has 1 fully saturated rings. The van der Waals surface area contributed by atoms with Crippen molar-refractivity contribution >= 4 is 62.5 Å². The molecule has 1 aromatic heterocycles. The van der Waals surface area contributed by atoms with Crippen LogP contribution in [0.25, 0.3) is 10.1 Å². The smallest absolute Gasteiger partial charge is 0.409 e. The Kier molecular flexibility index (Phi) is 9.96. The van der Waals surface area contributed by atoms with Gasteiger partial charge in [-0.1, -0.05) is 41.9 Å². The van der Waals surface area contributed by atoms with Gasteiger partial charge < -0.3 is 19.9 Å². The van der Waals surface area contributed by atoms with Crippen molar-refractivity contribution in [3.8, 4) is 0 Å². The second-order valence-corrected chi connectivity index (χ2v) is 11.7. The molecule has 4 rings (SSSR count). The van der Waals surface area contributed by atoms with E-state index in [9.17, 15) is 9.59 Å². The largest absolute Gasteiger partial charge is 0.449 e. The van der Waals surface area contributed by atoms with Crippen LogP contribution in [0.1, 0.15) is 15.2 Å². The molecule has 7 nitrogen and oxygen atoms in total. The highest BCUT2D eigenvalue weighted by Crippen LogP contribution is 2.34. The number of rotatable bonds is 10. The number of benzene rings is 2. The lowest BCUT2D eigenvalue weighted by molar-refractivity contribution is 0.0784. The van der Waals surface area contributed by atoms with Crippen LogP contribution < -0.4 is 10.2 Å². The van der Waals surface area contributed by atoms with Crippen molar-refractivity contribution in [2.45, 2.75) is 6.54 Å². The number of carbonyl (C=O) groups excluding carboxylic acids is 2. The van der Waals surface area contributed by atoms with Crippen molar-refractivity contribution in [3.63, 3.8) is 0 Å². The third kappa shape index (κ3) is 7.54. The average molecular weight is 561 g/mol. The maximum absolute atomic E-state index is 12.5. The van der Waals surface area contributed by atoms with Crippen molar-refractivity contribution in [3.05, 3.63) is 64.0 Å². The van der Waals surface area contributed by atoms with Crippen LogP contribution in [-0.2, 0) is 11.3 Å². The minimum absolute atomic E-state index is 0.150. The summed E-state index contributed by atoms with van der Waals surface area (Å²) in [5.74, 6) is 1.27. The van der Waals surface area contributed by atoms with Crippen LogP contribution in [0, 0.1) is 0 Å². The van der Waals surface area contributed by atoms with Crippen molar-refractivity contribution in [1.29, 1.82) is 0 Å². The summed E-state index contributed by atoms with van der Waals surface area (Å²) in [5.41, 5.74) is 2.47. The second kappa shape index (κ2) is 13.4. The first-order valence-electron chi connectivity index (χ1n) is 12.4. The fourth-order valence-corrected chi connectivity index (χ4v) is 6.19. The molecule has 1 aliphatic rings. The Morgan fingerprint density at radius 3 is 2.49 bits per heavy atom. The molecule has 37 heavy (non-hydrogen) atoms. The number of amides is 2. The predicted molar refractivity (Wildman–Crippen MR) is 155 cm³/mol. The highest BCUT2D eigenvalue weighted by atomic mass is 35.5. The van der Waals surface area contributed by atoms with Gasteiger partial charge in [0.1, 0.15) is 11.5 Å². The summed E-state index contributed by atoms with van der Waals surface area (Å²) in [6.07, 6.45) is -0.247. The quantitative estimate of drug-likeness (QED) is 0.351. The Balaban J connectivity index is 1.07. The van der Waals surface area contributed by atoms with Gasteiger partial charge in [0, 0.05) is 80.6 Å². The van der Waals surface area contributed by atoms with E-state index in [0.717, 1.165) is 35.5 Å². The maximum Gasteiger partial charge on any atom is 0.409 e. The van der Waals surface area contributed by atoms with Crippen molar-refractivity contribution in [1.82, 2.24) is 15.1 Å². The number of anilines is 1. The van der Waals surface area contributed by atoms with Crippen LogP contribution in [0.15, 0.2) is 48.5 Å². The van der Waals surface area contributed by atoms with E-state index in [1.54, 1.807) is 16.7 Å². The first kappa shape index (κ1) is 27.6. The number of nitrogens with one attached hydrogen (secondary N) is 1. The number of carbonyl (C=O) groups is 2. The topological polar surface area (TPSA) is 65.1 Å². The molecule has 0 aliphatic carbocycles. The summed E-state index contributed by atoms with van der Waals surface area (Å²) >= 11 is 9.42. The van der Waals surface area contributed by atoms with Gasteiger partial charge in [0.15, 0.2) is 0 Å². The number of piperazine rings is 1. The minimum atomic E-state index is -0.247. The molecule has 1 aliphatic heterocycles. The van der Waals surface area contributed by atoms with E-state index in [0.29, 0.717) is 41.9 Å². The SMILES string of the molecule is CN(C)c1ccc(CN2CCN(C(=O)OCCSCCNC(=O)c3sc4ccccc4c3Cl)CC2)cc1. The molecule has 1 saturated heterocycles. The third-order valence-corrected chi connectivity index (χ3v) is 8.84. The van der Waals surface area contributed by atoms with Crippen LogP contribution in [0.2, 0.25) is 5.02 Å². The number of thiophene rings is 1. The van der Waals surface area contributed by atoms with Crippen LogP contribution in [0.5, 0.6) is 0 Å². The summed E-state index contributed by atoms with van der Waals surface area (Å²) in [6.45, 7) is 4.80. The van der Waals surface area contributed by atoms with Gasteiger partial charge in [-0.3, -0.25) is 9.69 Å². The Morgan fingerprint density at radius 1 is 1.05 bits per heavy atom.